The summed E-state index contributed by atoms with van der Waals surface area (Å²) in [6.45, 7) is 1.89. The van der Waals surface area contributed by atoms with Gasteiger partial charge in [-0.25, -0.2) is 4.68 Å². The molecule has 0 aliphatic heterocycles. The van der Waals surface area contributed by atoms with Gasteiger partial charge in [-0.05, 0) is 36.2 Å². The predicted molar refractivity (Wildman–Crippen MR) is 122 cm³/mol. The predicted octanol–water partition coefficient (Wildman–Crippen LogP) is 3.64. The van der Waals surface area contributed by atoms with E-state index in [-0.39, 0.29) is 22.7 Å². The number of nitrogens with two attached hydrogens (primary N) is 1. The van der Waals surface area contributed by atoms with Gasteiger partial charge in [-0.3, -0.25) is 19.1 Å². The molecule has 162 valence electrons. The zero-order valence-electron chi connectivity index (χ0n) is 17.1. The third kappa shape index (κ3) is 4.68. The number of hydrogen-bond donors (Lipinski definition) is 2. The maximum absolute atomic E-state index is 13.1. The molecule has 0 saturated heterocycles. The van der Waals surface area contributed by atoms with Crippen molar-refractivity contribution in [2.24, 2.45) is 12.8 Å². The van der Waals surface area contributed by atoms with E-state index < -0.39 is 17.7 Å². The lowest BCUT2D eigenvalue weighted by molar-refractivity contribution is -0.123. The number of para-hydroxylation sites is 1. The van der Waals surface area contributed by atoms with Crippen LogP contribution in [0.4, 0.5) is 5.69 Å². The lowest BCUT2D eigenvalue weighted by atomic mass is 9.94. The van der Waals surface area contributed by atoms with Crippen molar-refractivity contribution in [3.8, 4) is 5.69 Å². The van der Waals surface area contributed by atoms with E-state index in [0.29, 0.717) is 28.4 Å². The van der Waals surface area contributed by atoms with Crippen molar-refractivity contribution in [2.75, 3.05) is 5.32 Å². The Balaban J connectivity index is 1.92. The molecule has 9 heteroatoms. The van der Waals surface area contributed by atoms with Gasteiger partial charge in [-0.15, -0.1) is 0 Å². The number of benzene rings is 2. The number of nitrogens with zero attached hydrogens (tertiary/aromatic N) is 2. The van der Waals surface area contributed by atoms with Crippen LogP contribution in [-0.4, -0.2) is 21.2 Å². The number of primary amides is 1. The monoisotopic (exact) mass is 460 g/mol. The van der Waals surface area contributed by atoms with Gasteiger partial charge in [0, 0.05) is 23.5 Å². The molecule has 1 atom stereocenters. The number of halogens is 2. The van der Waals surface area contributed by atoms with Gasteiger partial charge < -0.3 is 11.1 Å². The van der Waals surface area contributed by atoms with Crippen molar-refractivity contribution in [2.45, 2.75) is 25.7 Å². The largest absolute Gasteiger partial charge is 0.369 e. The Morgan fingerprint density at radius 3 is 2.39 bits per heavy atom. The number of nitrogens with one attached hydrogen (secondary N) is 1. The summed E-state index contributed by atoms with van der Waals surface area (Å²) in [7, 11) is 1.75. The smallest absolute Gasteiger partial charge is 0.295 e. The Hall–Kier alpha value is -3.03. The minimum Gasteiger partial charge on any atom is -0.369 e. The molecule has 0 fully saturated rings. The van der Waals surface area contributed by atoms with Crippen molar-refractivity contribution in [3.63, 3.8) is 0 Å². The highest BCUT2D eigenvalue weighted by Gasteiger charge is 2.26. The fourth-order valence-electron chi connectivity index (χ4n) is 3.56. The quantitative estimate of drug-likeness (QED) is 0.562. The van der Waals surface area contributed by atoms with Gasteiger partial charge in [0.2, 0.25) is 11.8 Å². The van der Waals surface area contributed by atoms with Crippen molar-refractivity contribution in [1.29, 1.82) is 0 Å². The molecule has 0 aliphatic carbocycles. The topological polar surface area (TPSA) is 99.1 Å². The van der Waals surface area contributed by atoms with E-state index in [2.05, 4.69) is 5.32 Å². The number of carbonyl (C=O) groups is 2. The van der Waals surface area contributed by atoms with Crippen LogP contribution >= 0.6 is 23.2 Å². The van der Waals surface area contributed by atoms with Crippen LogP contribution in [0, 0.1) is 0 Å². The Kier molecular flexibility index (Phi) is 6.87. The first-order valence-electron chi connectivity index (χ1n) is 9.65. The molecular weight excluding hydrogens is 439 g/mol. The van der Waals surface area contributed by atoms with Gasteiger partial charge in [-0.2, -0.15) is 0 Å². The molecule has 1 aromatic heterocycles. The average Bonchev–Trinajstić information content (AvgIpc) is 2.96. The summed E-state index contributed by atoms with van der Waals surface area (Å²) in [6, 6.07) is 13.7. The van der Waals surface area contributed by atoms with Gasteiger partial charge in [0.05, 0.1) is 17.3 Å². The minimum absolute atomic E-state index is 0.171. The number of aromatic nitrogens is 2. The Labute approximate surface area is 189 Å². The van der Waals surface area contributed by atoms with E-state index in [1.807, 2.05) is 25.1 Å². The molecule has 0 spiro atoms. The van der Waals surface area contributed by atoms with Gasteiger partial charge >= 0.3 is 0 Å². The van der Waals surface area contributed by atoms with Crippen molar-refractivity contribution >= 4 is 40.7 Å². The SMILES string of the molecule is CCc1c(NC(=O)CC(C(N)=O)c2ccc(Cl)cc2Cl)c(=O)n(-c2ccccc2)n1C. The summed E-state index contributed by atoms with van der Waals surface area (Å²) in [5, 5.41) is 3.32. The van der Waals surface area contributed by atoms with E-state index in [0.717, 1.165) is 0 Å². The third-order valence-electron chi connectivity index (χ3n) is 5.06. The molecule has 7 nitrogen and oxygen atoms in total. The number of hydrogen-bond acceptors (Lipinski definition) is 3. The molecule has 3 rings (SSSR count). The first-order chi connectivity index (χ1) is 14.7. The van der Waals surface area contributed by atoms with Crippen LogP contribution in [0.1, 0.15) is 30.5 Å². The van der Waals surface area contributed by atoms with Crippen molar-refractivity contribution in [3.05, 3.63) is 80.2 Å². The van der Waals surface area contributed by atoms with E-state index in [1.165, 1.54) is 10.7 Å². The van der Waals surface area contributed by atoms with Crippen LogP contribution in [-0.2, 0) is 23.1 Å². The van der Waals surface area contributed by atoms with E-state index in [4.69, 9.17) is 28.9 Å². The molecule has 0 bridgehead atoms. The molecule has 0 aliphatic rings. The summed E-state index contributed by atoms with van der Waals surface area (Å²) >= 11 is 12.1. The molecule has 0 saturated carbocycles. The van der Waals surface area contributed by atoms with Crippen molar-refractivity contribution < 1.29 is 9.59 Å². The lowest BCUT2D eigenvalue weighted by Crippen LogP contribution is -2.28. The summed E-state index contributed by atoms with van der Waals surface area (Å²) in [5.41, 5.74) is 7.07. The van der Waals surface area contributed by atoms with Crippen LogP contribution in [0.3, 0.4) is 0 Å². The van der Waals surface area contributed by atoms with Crippen LogP contribution in [0.25, 0.3) is 5.69 Å². The zero-order valence-corrected chi connectivity index (χ0v) is 18.6. The highest BCUT2D eigenvalue weighted by Crippen LogP contribution is 2.30. The maximum Gasteiger partial charge on any atom is 0.295 e. The van der Waals surface area contributed by atoms with Crippen LogP contribution in [0.2, 0.25) is 10.0 Å². The van der Waals surface area contributed by atoms with E-state index in [1.54, 1.807) is 36.0 Å². The van der Waals surface area contributed by atoms with Crippen LogP contribution in [0.15, 0.2) is 53.3 Å². The average molecular weight is 461 g/mol. The molecule has 3 aromatic rings. The molecule has 31 heavy (non-hydrogen) atoms. The van der Waals surface area contributed by atoms with Gasteiger partial charge in [0.15, 0.2) is 0 Å². The number of anilines is 1. The number of rotatable bonds is 7. The first kappa shape index (κ1) is 22.7. The Morgan fingerprint density at radius 2 is 1.81 bits per heavy atom. The van der Waals surface area contributed by atoms with E-state index >= 15 is 0 Å². The first-order valence-corrected chi connectivity index (χ1v) is 10.4. The molecule has 1 heterocycles. The number of amides is 2. The maximum atomic E-state index is 13.1. The normalized spacial score (nSPS) is 11.9. The summed E-state index contributed by atoms with van der Waals surface area (Å²) < 4.78 is 3.19. The van der Waals surface area contributed by atoms with Gasteiger partial charge in [0.1, 0.15) is 5.69 Å². The van der Waals surface area contributed by atoms with Crippen molar-refractivity contribution in [1.82, 2.24) is 9.36 Å². The molecule has 2 aromatic carbocycles. The van der Waals surface area contributed by atoms with Crippen LogP contribution < -0.4 is 16.6 Å². The third-order valence-corrected chi connectivity index (χ3v) is 5.62. The number of carbonyl (C=O) groups excluding carboxylic acids is 2. The minimum atomic E-state index is -0.963. The lowest BCUT2D eigenvalue weighted by Gasteiger charge is -2.15. The summed E-state index contributed by atoms with van der Waals surface area (Å²) in [5.74, 6) is -2.19. The highest BCUT2D eigenvalue weighted by atomic mass is 35.5. The molecule has 3 N–H and O–H groups in total. The molecule has 1 unspecified atom stereocenters. The van der Waals surface area contributed by atoms with Crippen LogP contribution in [0.5, 0.6) is 0 Å². The van der Waals surface area contributed by atoms with E-state index in [9.17, 15) is 14.4 Å². The Morgan fingerprint density at radius 1 is 1.13 bits per heavy atom. The summed E-state index contributed by atoms with van der Waals surface area (Å²) in [6.07, 6.45) is 0.253. The fraction of sp³-hybridized carbons (Fsp3) is 0.227. The Bertz CT molecular complexity index is 1190. The standard InChI is InChI=1S/C22H22Cl2N4O3/c1-3-18-20(22(31)28(27(18)2)14-7-5-4-6-8-14)26-19(29)12-16(21(25)30)15-10-9-13(23)11-17(15)24/h4-11,16H,3,12H2,1-2H3,(H2,25,30)(H,26,29). The molecule has 2 amide bonds. The second kappa shape index (κ2) is 9.41. The molecular formula is C22H22Cl2N4O3. The fourth-order valence-corrected chi connectivity index (χ4v) is 4.10. The zero-order chi connectivity index (χ0) is 22.7. The second-order valence-electron chi connectivity index (χ2n) is 7.02. The summed E-state index contributed by atoms with van der Waals surface area (Å²) in [4.78, 5) is 37.9. The van der Waals surface area contributed by atoms with Gasteiger partial charge in [-0.1, -0.05) is 54.4 Å². The highest BCUT2D eigenvalue weighted by molar-refractivity contribution is 6.35. The molecule has 0 radical (unpaired) electrons. The van der Waals surface area contributed by atoms with Gasteiger partial charge in [0.25, 0.3) is 5.56 Å². The second-order valence-corrected chi connectivity index (χ2v) is 7.87.